The summed E-state index contributed by atoms with van der Waals surface area (Å²) in [7, 11) is -1.14. The fraction of sp³-hybridized carbons (Fsp3) is 0.0769. The number of nitrogens with two attached hydrogens (primary N) is 1. The number of nitrogen functional groups attached to an aromatic ring is 1. The first-order chi connectivity index (χ1) is 8.56. The number of hydrogen-bond acceptors (Lipinski definition) is 2. The van der Waals surface area contributed by atoms with Crippen molar-refractivity contribution in [2.75, 3.05) is 5.73 Å². The van der Waals surface area contributed by atoms with Crippen molar-refractivity contribution in [1.29, 1.82) is 0 Å². The molecule has 5 heteroatoms. The van der Waals surface area contributed by atoms with Crippen LogP contribution >= 0.6 is 23.2 Å². The van der Waals surface area contributed by atoms with Gasteiger partial charge in [-0.05, 0) is 42.0 Å². The summed E-state index contributed by atoms with van der Waals surface area (Å²) in [5.41, 5.74) is 7.03. The van der Waals surface area contributed by atoms with Gasteiger partial charge in [-0.2, -0.15) is 0 Å². The number of anilines is 1. The molecule has 0 amide bonds. The Bertz CT molecular complexity index is 584. The first-order valence-electron chi connectivity index (χ1n) is 5.24. The fourth-order valence-corrected chi connectivity index (χ4v) is 3.09. The SMILES string of the molecule is Nc1ccc(CS(=O)c2ccc(Cl)cc2)c(Cl)c1. The summed E-state index contributed by atoms with van der Waals surface area (Å²) >= 11 is 11.8. The maximum Gasteiger partial charge on any atom is 0.0574 e. The summed E-state index contributed by atoms with van der Waals surface area (Å²) in [5, 5.41) is 1.17. The molecule has 0 saturated heterocycles. The highest BCUT2D eigenvalue weighted by Crippen LogP contribution is 2.23. The molecule has 1 unspecified atom stereocenters. The van der Waals surface area contributed by atoms with E-state index in [4.69, 9.17) is 28.9 Å². The van der Waals surface area contributed by atoms with Gasteiger partial charge in [0.25, 0.3) is 0 Å². The average Bonchev–Trinajstić information content (AvgIpc) is 2.33. The highest BCUT2D eigenvalue weighted by Gasteiger charge is 2.08. The second-order valence-electron chi connectivity index (χ2n) is 3.79. The van der Waals surface area contributed by atoms with Gasteiger partial charge in [0.05, 0.1) is 16.6 Å². The largest absolute Gasteiger partial charge is 0.399 e. The summed E-state index contributed by atoms with van der Waals surface area (Å²) in [4.78, 5) is 0.729. The van der Waals surface area contributed by atoms with Crippen molar-refractivity contribution in [3.05, 3.63) is 58.1 Å². The van der Waals surface area contributed by atoms with Crippen LogP contribution in [0.5, 0.6) is 0 Å². The standard InChI is InChI=1S/C13H11Cl2NOS/c14-10-2-5-12(6-3-10)18(17)8-9-1-4-11(16)7-13(9)15/h1-7H,8,16H2. The van der Waals surface area contributed by atoms with Crippen LogP contribution in [0.2, 0.25) is 10.0 Å². The van der Waals surface area contributed by atoms with Gasteiger partial charge in [0.15, 0.2) is 0 Å². The highest BCUT2D eigenvalue weighted by molar-refractivity contribution is 7.84. The van der Waals surface area contributed by atoms with Crippen LogP contribution in [0.1, 0.15) is 5.56 Å². The number of hydrogen-bond donors (Lipinski definition) is 1. The Hall–Kier alpha value is -1.03. The first kappa shape index (κ1) is 13.4. The maximum atomic E-state index is 12.1. The molecule has 2 rings (SSSR count). The molecule has 2 nitrogen and oxygen atoms in total. The second-order valence-corrected chi connectivity index (χ2v) is 6.09. The van der Waals surface area contributed by atoms with Crippen LogP contribution < -0.4 is 5.73 Å². The van der Waals surface area contributed by atoms with Crippen LogP contribution in [0.3, 0.4) is 0 Å². The Morgan fingerprint density at radius 2 is 1.72 bits per heavy atom. The number of benzene rings is 2. The van der Waals surface area contributed by atoms with Gasteiger partial charge in [-0.1, -0.05) is 29.3 Å². The minimum absolute atomic E-state index is 0.362. The molecule has 1 atom stereocenters. The lowest BCUT2D eigenvalue weighted by atomic mass is 10.2. The van der Waals surface area contributed by atoms with Gasteiger partial charge in [-0.25, -0.2) is 0 Å². The molecule has 0 radical (unpaired) electrons. The molecule has 2 aromatic carbocycles. The van der Waals surface area contributed by atoms with Crippen LogP contribution in [0.25, 0.3) is 0 Å². The Balaban J connectivity index is 2.18. The van der Waals surface area contributed by atoms with E-state index in [9.17, 15) is 4.21 Å². The zero-order valence-electron chi connectivity index (χ0n) is 9.40. The van der Waals surface area contributed by atoms with Crippen LogP contribution in [0.4, 0.5) is 5.69 Å². The third-order valence-electron chi connectivity index (χ3n) is 2.44. The van der Waals surface area contributed by atoms with E-state index in [1.807, 2.05) is 0 Å². The Morgan fingerprint density at radius 3 is 2.33 bits per heavy atom. The van der Waals surface area contributed by atoms with E-state index in [1.165, 1.54) is 0 Å². The minimum atomic E-state index is -1.14. The van der Waals surface area contributed by atoms with E-state index in [1.54, 1.807) is 42.5 Å². The van der Waals surface area contributed by atoms with Crippen LogP contribution in [-0.4, -0.2) is 4.21 Å². The second kappa shape index (κ2) is 5.74. The molecule has 0 heterocycles. The van der Waals surface area contributed by atoms with Gasteiger partial charge in [-0.3, -0.25) is 4.21 Å². The Morgan fingerprint density at radius 1 is 1.06 bits per heavy atom. The molecular weight excluding hydrogens is 289 g/mol. The molecule has 0 aliphatic rings. The van der Waals surface area contributed by atoms with Gasteiger partial charge in [0.1, 0.15) is 0 Å². The highest BCUT2D eigenvalue weighted by atomic mass is 35.5. The van der Waals surface area contributed by atoms with Gasteiger partial charge in [0, 0.05) is 20.6 Å². The lowest BCUT2D eigenvalue weighted by Gasteiger charge is -2.06. The fourth-order valence-electron chi connectivity index (χ4n) is 1.49. The minimum Gasteiger partial charge on any atom is -0.399 e. The molecule has 0 aliphatic carbocycles. The summed E-state index contributed by atoms with van der Waals surface area (Å²) in [6.07, 6.45) is 0. The molecule has 18 heavy (non-hydrogen) atoms. The third kappa shape index (κ3) is 3.25. The third-order valence-corrected chi connectivity index (χ3v) is 4.42. The van der Waals surface area contributed by atoms with E-state index in [2.05, 4.69) is 0 Å². The monoisotopic (exact) mass is 299 g/mol. The molecule has 0 bridgehead atoms. The van der Waals surface area contributed by atoms with Crippen molar-refractivity contribution in [3.63, 3.8) is 0 Å². The van der Waals surface area contributed by atoms with Crippen LogP contribution in [0, 0.1) is 0 Å². The smallest absolute Gasteiger partial charge is 0.0574 e. The van der Waals surface area contributed by atoms with Crippen LogP contribution in [0.15, 0.2) is 47.4 Å². The van der Waals surface area contributed by atoms with E-state index >= 15 is 0 Å². The Kier molecular flexibility index (Phi) is 4.27. The molecule has 0 saturated carbocycles. The molecule has 94 valence electrons. The molecule has 0 spiro atoms. The predicted molar refractivity (Wildman–Crippen MR) is 77.4 cm³/mol. The zero-order valence-corrected chi connectivity index (χ0v) is 11.7. The van der Waals surface area contributed by atoms with Crippen molar-refractivity contribution in [2.24, 2.45) is 0 Å². The zero-order chi connectivity index (χ0) is 13.1. The van der Waals surface area contributed by atoms with Crippen LogP contribution in [-0.2, 0) is 16.6 Å². The van der Waals surface area contributed by atoms with E-state index in [0.29, 0.717) is 21.5 Å². The number of halogens is 2. The average molecular weight is 300 g/mol. The van der Waals surface area contributed by atoms with Gasteiger partial charge in [-0.15, -0.1) is 0 Å². The molecule has 2 N–H and O–H groups in total. The van der Waals surface area contributed by atoms with Gasteiger partial charge < -0.3 is 5.73 Å². The van der Waals surface area contributed by atoms with E-state index < -0.39 is 10.8 Å². The molecular formula is C13H11Cl2NOS. The topological polar surface area (TPSA) is 43.1 Å². The summed E-state index contributed by atoms with van der Waals surface area (Å²) in [5.74, 6) is 0.362. The molecule has 0 aliphatic heterocycles. The molecule has 0 fully saturated rings. The van der Waals surface area contributed by atoms with Crippen molar-refractivity contribution in [2.45, 2.75) is 10.6 Å². The van der Waals surface area contributed by atoms with E-state index in [-0.39, 0.29) is 0 Å². The summed E-state index contributed by atoms with van der Waals surface area (Å²) < 4.78 is 12.1. The van der Waals surface area contributed by atoms with Crippen molar-refractivity contribution in [1.82, 2.24) is 0 Å². The van der Waals surface area contributed by atoms with Crippen molar-refractivity contribution >= 4 is 39.7 Å². The number of rotatable bonds is 3. The maximum absolute atomic E-state index is 12.1. The van der Waals surface area contributed by atoms with Crippen molar-refractivity contribution < 1.29 is 4.21 Å². The quantitative estimate of drug-likeness (QED) is 0.874. The summed E-state index contributed by atoms with van der Waals surface area (Å²) in [6.45, 7) is 0. The molecule has 2 aromatic rings. The van der Waals surface area contributed by atoms with Crippen molar-refractivity contribution in [3.8, 4) is 0 Å². The lowest BCUT2D eigenvalue weighted by Crippen LogP contribution is -1.98. The lowest BCUT2D eigenvalue weighted by molar-refractivity contribution is 0.682. The predicted octanol–water partition coefficient (Wildman–Crippen LogP) is 3.88. The van der Waals surface area contributed by atoms with Gasteiger partial charge >= 0.3 is 0 Å². The molecule has 0 aromatic heterocycles. The Labute approximate surface area is 118 Å². The van der Waals surface area contributed by atoms with E-state index in [0.717, 1.165) is 10.5 Å². The first-order valence-corrected chi connectivity index (χ1v) is 7.31. The van der Waals surface area contributed by atoms with Gasteiger partial charge in [0.2, 0.25) is 0 Å². The summed E-state index contributed by atoms with van der Waals surface area (Å²) in [6, 6.07) is 12.2. The normalized spacial score (nSPS) is 12.3.